The first-order chi connectivity index (χ1) is 13.5. The van der Waals surface area contributed by atoms with Crippen molar-refractivity contribution in [2.45, 2.75) is 39.5 Å². The van der Waals surface area contributed by atoms with E-state index in [1.165, 1.54) is 11.7 Å². The minimum absolute atomic E-state index is 0.124. The molecular weight excluding hydrogens is 360 g/mol. The van der Waals surface area contributed by atoms with Crippen LogP contribution in [-0.2, 0) is 29.1 Å². The molecule has 1 amide bonds. The van der Waals surface area contributed by atoms with Gasteiger partial charge in [-0.2, -0.15) is 10.2 Å². The number of hydrogen-bond acceptors (Lipinski definition) is 5. The molecule has 0 spiro atoms. The number of rotatable bonds is 8. The van der Waals surface area contributed by atoms with Crippen molar-refractivity contribution < 1.29 is 9.53 Å². The maximum absolute atomic E-state index is 12.8. The number of hydrogen-bond donors (Lipinski definition) is 2. The smallest absolute Gasteiger partial charge is 0.351 e. The summed E-state index contributed by atoms with van der Waals surface area (Å²) in [7, 11) is 1.53. The molecule has 1 atom stereocenters. The van der Waals surface area contributed by atoms with E-state index in [-0.39, 0.29) is 30.8 Å². The van der Waals surface area contributed by atoms with Crippen LogP contribution in [0.4, 0.5) is 0 Å². The third-order valence-corrected chi connectivity index (χ3v) is 4.17. The van der Waals surface area contributed by atoms with E-state index in [4.69, 9.17) is 4.74 Å². The summed E-state index contributed by atoms with van der Waals surface area (Å²) in [5, 5.41) is 14.2. The molecule has 0 aliphatic heterocycles. The van der Waals surface area contributed by atoms with Gasteiger partial charge < -0.3 is 10.1 Å². The quantitative estimate of drug-likeness (QED) is 0.602. The Morgan fingerprint density at radius 1 is 1.32 bits per heavy atom. The highest BCUT2D eigenvalue weighted by molar-refractivity contribution is 5.75. The molecule has 148 valence electrons. The molecule has 2 heterocycles. The van der Waals surface area contributed by atoms with Crippen LogP contribution in [0.15, 0.2) is 41.2 Å². The molecule has 0 bridgehead atoms. The topological polar surface area (TPSA) is 107 Å². The average molecular weight is 384 g/mol. The van der Waals surface area contributed by atoms with E-state index in [9.17, 15) is 9.59 Å². The highest BCUT2D eigenvalue weighted by Gasteiger charge is 2.18. The van der Waals surface area contributed by atoms with Gasteiger partial charge in [0.1, 0.15) is 13.2 Å². The van der Waals surface area contributed by atoms with Gasteiger partial charge in [-0.1, -0.05) is 18.2 Å². The van der Waals surface area contributed by atoms with Crippen molar-refractivity contribution in [3.8, 4) is 5.69 Å². The number of aromatic nitrogens is 5. The van der Waals surface area contributed by atoms with Gasteiger partial charge in [-0.25, -0.2) is 14.0 Å². The molecule has 0 saturated carbocycles. The SMILES string of the molecule is COCc1nn(CC(=O)N[C@H](C)Cc2cc(C)[nH]n2)c(=O)n1-c1ccccc1. The molecule has 2 aromatic heterocycles. The van der Waals surface area contributed by atoms with Crippen molar-refractivity contribution in [3.05, 3.63) is 64.1 Å². The van der Waals surface area contributed by atoms with Crippen molar-refractivity contribution in [1.82, 2.24) is 29.9 Å². The number of carbonyl (C=O) groups excluding carboxylic acids is 1. The molecule has 0 aliphatic carbocycles. The maximum atomic E-state index is 12.8. The highest BCUT2D eigenvalue weighted by atomic mass is 16.5. The van der Waals surface area contributed by atoms with Crippen molar-refractivity contribution >= 4 is 5.91 Å². The third-order valence-electron chi connectivity index (χ3n) is 4.17. The number of aromatic amines is 1. The largest absolute Gasteiger partial charge is 0.377 e. The number of amides is 1. The third kappa shape index (κ3) is 4.55. The van der Waals surface area contributed by atoms with E-state index in [1.807, 2.05) is 38.1 Å². The predicted molar refractivity (Wildman–Crippen MR) is 103 cm³/mol. The van der Waals surface area contributed by atoms with E-state index in [0.29, 0.717) is 17.9 Å². The van der Waals surface area contributed by atoms with Gasteiger partial charge in [0.25, 0.3) is 0 Å². The van der Waals surface area contributed by atoms with E-state index in [1.54, 1.807) is 12.1 Å². The van der Waals surface area contributed by atoms with Crippen molar-refractivity contribution in [1.29, 1.82) is 0 Å². The summed E-state index contributed by atoms with van der Waals surface area (Å²) < 4.78 is 7.76. The Labute approximate surface area is 162 Å². The molecule has 0 saturated heterocycles. The van der Waals surface area contributed by atoms with Crippen LogP contribution < -0.4 is 11.0 Å². The predicted octanol–water partition coefficient (Wildman–Crippen LogP) is 0.959. The zero-order valence-corrected chi connectivity index (χ0v) is 16.2. The summed E-state index contributed by atoms with van der Waals surface area (Å²) in [6, 6.07) is 11.0. The Morgan fingerprint density at radius 3 is 2.71 bits per heavy atom. The second kappa shape index (κ2) is 8.66. The minimum atomic E-state index is -0.385. The Balaban J connectivity index is 1.73. The molecule has 28 heavy (non-hydrogen) atoms. The summed E-state index contributed by atoms with van der Waals surface area (Å²) in [5.41, 5.74) is 2.13. The molecule has 0 fully saturated rings. The maximum Gasteiger partial charge on any atom is 0.351 e. The molecule has 0 radical (unpaired) electrons. The Hall–Kier alpha value is -3.20. The van der Waals surface area contributed by atoms with Gasteiger partial charge in [0.05, 0.1) is 11.4 Å². The lowest BCUT2D eigenvalue weighted by Gasteiger charge is -2.12. The molecule has 3 rings (SSSR count). The number of aryl methyl sites for hydroxylation is 1. The van der Waals surface area contributed by atoms with Crippen LogP contribution in [0, 0.1) is 6.92 Å². The zero-order chi connectivity index (χ0) is 20.1. The molecule has 9 heteroatoms. The molecular formula is C19H24N6O3. The normalized spacial score (nSPS) is 12.1. The van der Waals surface area contributed by atoms with Crippen LogP contribution in [-0.4, -0.2) is 43.6 Å². The van der Waals surface area contributed by atoms with E-state index in [0.717, 1.165) is 16.1 Å². The van der Waals surface area contributed by atoms with Gasteiger partial charge in [-0.15, -0.1) is 0 Å². The van der Waals surface area contributed by atoms with Crippen LogP contribution in [0.25, 0.3) is 5.69 Å². The van der Waals surface area contributed by atoms with Gasteiger partial charge >= 0.3 is 5.69 Å². The van der Waals surface area contributed by atoms with E-state index >= 15 is 0 Å². The van der Waals surface area contributed by atoms with E-state index in [2.05, 4.69) is 20.6 Å². The van der Waals surface area contributed by atoms with Crippen LogP contribution in [0.3, 0.4) is 0 Å². The Bertz CT molecular complexity index is 989. The summed E-state index contributed by atoms with van der Waals surface area (Å²) in [4.78, 5) is 25.2. The van der Waals surface area contributed by atoms with Gasteiger partial charge in [-0.3, -0.25) is 9.89 Å². The average Bonchev–Trinajstić information content (AvgIpc) is 3.19. The number of methoxy groups -OCH3 is 1. The van der Waals surface area contributed by atoms with Crippen LogP contribution in [0.2, 0.25) is 0 Å². The van der Waals surface area contributed by atoms with Crippen molar-refractivity contribution in [2.75, 3.05) is 7.11 Å². The molecule has 0 unspecified atom stereocenters. The number of ether oxygens (including phenoxy) is 1. The number of nitrogens with zero attached hydrogens (tertiary/aromatic N) is 4. The van der Waals surface area contributed by atoms with Crippen LogP contribution in [0.5, 0.6) is 0 Å². The standard InChI is InChI=1S/C19H24N6O3/c1-13(9-15-10-14(2)21-22-15)20-18(26)11-24-19(27)25(17(23-24)12-28-3)16-7-5-4-6-8-16/h4-8,10,13H,9,11-12H2,1-3H3,(H,20,26)(H,21,22)/t13-/m1/s1. The summed E-state index contributed by atoms with van der Waals surface area (Å²) in [6.45, 7) is 3.81. The lowest BCUT2D eigenvalue weighted by atomic mass is 10.2. The first-order valence-electron chi connectivity index (χ1n) is 9.01. The fraction of sp³-hybridized carbons (Fsp3) is 0.368. The summed E-state index contributed by atoms with van der Waals surface area (Å²) in [6.07, 6.45) is 0.596. The summed E-state index contributed by atoms with van der Waals surface area (Å²) in [5.74, 6) is 0.148. The lowest BCUT2D eigenvalue weighted by Crippen LogP contribution is -2.39. The fourth-order valence-electron chi connectivity index (χ4n) is 3.01. The molecule has 0 aliphatic rings. The lowest BCUT2D eigenvalue weighted by molar-refractivity contribution is -0.122. The van der Waals surface area contributed by atoms with E-state index < -0.39 is 0 Å². The summed E-state index contributed by atoms with van der Waals surface area (Å²) >= 11 is 0. The first kappa shape index (κ1) is 19.6. The van der Waals surface area contributed by atoms with Crippen LogP contribution in [0.1, 0.15) is 24.1 Å². The minimum Gasteiger partial charge on any atom is -0.377 e. The molecule has 9 nitrogen and oxygen atoms in total. The number of benzene rings is 1. The fourth-order valence-corrected chi connectivity index (χ4v) is 3.01. The number of H-pyrrole nitrogens is 1. The molecule has 3 aromatic rings. The van der Waals surface area contributed by atoms with Gasteiger partial charge in [-0.05, 0) is 32.0 Å². The van der Waals surface area contributed by atoms with Crippen LogP contribution >= 0.6 is 0 Å². The Kier molecular flexibility index (Phi) is 6.05. The molecule has 2 N–H and O–H groups in total. The van der Waals surface area contributed by atoms with Crippen molar-refractivity contribution in [2.24, 2.45) is 0 Å². The first-order valence-corrected chi connectivity index (χ1v) is 9.01. The Morgan fingerprint density at radius 2 is 2.07 bits per heavy atom. The van der Waals surface area contributed by atoms with Gasteiger partial charge in [0.15, 0.2) is 5.82 Å². The van der Waals surface area contributed by atoms with Crippen molar-refractivity contribution in [3.63, 3.8) is 0 Å². The molecule has 1 aromatic carbocycles. The number of para-hydroxylation sites is 1. The highest BCUT2D eigenvalue weighted by Crippen LogP contribution is 2.08. The second-order valence-electron chi connectivity index (χ2n) is 6.68. The van der Waals surface area contributed by atoms with Gasteiger partial charge in [0.2, 0.25) is 5.91 Å². The number of carbonyl (C=O) groups is 1. The zero-order valence-electron chi connectivity index (χ0n) is 16.2. The monoisotopic (exact) mass is 384 g/mol. The second-order valence-corrected chi connectivity index (χ2v) is 6.68. The van der Waals surface area contributed by atoms with Gasteiger partial charge in [0, 0.05) is 25.3 Å². The number of nitrogens with one attached hydrogen (secondary N) is 2.